The molecule has 0 bridgehead atoms. The molecule has 0 aliphatic carbocycles. The summed E-state index contributed by atoms with van der Waals surface area (Å²) in [5.41, 5.74) is 0.900. The molecule has 0 aliphatic rings. The van der Waals surface area contributed by atoms with Crippen LogP contribution in [0.2, 0.25) is 0 Å². The summed E-state index contributed by atoms with van der Waals surface area (Å²) in [5.74, 6) is -1.19. The van der Waals surface area contributed by atoms with E-state index in [1.165, 1.54) is 10.7 Å². The Morgan fingerprint density at radius 3 is 2.78 bits per heavy atom. The number of rotatable bonds is 8. The first-order chi connectivity index (χ1) is 12.9. The van der Waals surface area contributed by atoms with Gasteiger partial charge in [-0.2, -0.15) is 9.78 Å². The molecule has 2 aromatic rings. The van der Waals surface area contributed by atoms with E-state index in [9.17, 15) is 14.4 Å². The van der Waals surface area contributed by atoms with Gasteiger partial charge in [0.05, 0.1) is 5.69 Å². The standard InChI is InChI=1S/C17H24N6O4/c1-4-6-12-10-14(24)21-17(19-12)23-13(9-11(2)22-23)20-16(26)15(25)18-7-5-8-27-3/h9-10H,4-8H2,1-3H3,(H,18,25)(H,20,26)(H,19,21,24). The molecule has 0 aliphatic heterocycles. The van der Waals surface area contributed by atoms with Crippen LogP contribution in [-0.2, 0) is 20.7 Å². The molecule has 0 fully saturated rings. The van der Waals surface area contributed by atoms with Gasteiger partial charge in [-0.05, 0) is 19.8 Å². The Balaban J connectivity index is 2.17. The summed E-state index contributed by atoms with van der Waals surface area (Å²) in [6, 6.07) is 3.01. The minimum atomic E-state index is -0.833. The molecule has 146 valence electrons. The fourth-order valence-electron chi connectivity index (χ4n) is 2.40. The number of H-pyrrole nitrogens is 1. The van der Waals surface area contributed by atoms with E-state index >= 15 is 0 Å². The highest BCUT2D eigenvalue weighted by Gasteiger charge is 2.18. The second kappa shape index (κ2) is 9.62. The molecule has 27 heavy (non-hydrogen) atoms. The van der Waals surface area contributed by atoms with Crippen molar-refractivity contribution in [2.24, 2.45) is 0 Å². The van der Waals surface area contributed by atoms with Gasteiger partial charge in [-0.1, -0.05) is 13.3 Å². The number of carbonyl (C=O) groups is 2. The SMILES string of the molecule is CCCc1cc(=O)[nH]c(-n2nc(C)cc2NC(=O)C(=O)NCCCOC)n1. The second-order valence-corrected chi connectivity index (χ2v) is 5.95. The van der Waals surface area contributed by atoms with Gasteiger partial charge in [-0.25, -0.2) is 4.98 Å². The number of aryl methyl sites for hydroxylation is 2. The summed E-state index contributed by atoms with van der Waals surface area (Å²) in [5, 5.41) is 9.25. The lowest BCUT2D eigenvalue weighted by Gasteiger charge is -2.09. The van der Waals surface area contributed by atoms with Crippen molar-refractivity contribution in [3.8, 4) is 5.95 Å². The highest BCUT2D eigenvalue weighted by molar-refractivity contribution is 6.39. The first-order valence-corrected chi connectivity index (χ1v) is 8.70. The lowest BCUT2D eigenvalue weighted by Crippen LogP contribution is -2.36. The maximum atomic E-state index is 12.1. The van der Waals surface area contributed by atoms with Gasteiger partial charge in [0.1, 0.15) is 5.82 Å². The van der Waals surface area contributed by atoms with E-state index in [1.54, 1.807) is 20.1 Å². The molecule has 10 nitrogen and oxygen atoms in total. The van der Waals surface area contributed by atoms with Gasteiger partial charge in [0.25, 0.3) is 5.56 Å². The van der Waals surface area contributed by atoms with Crippen LogP contribution < -0.4 is 16.2 Å². The number of ether oxygens (including phenoxy) is 1. The average molecular weight is 376 g/mol. The molecule has 0 aromatic carbocycles. The molecule has 0 atom stereocenters. The quantitative estimate of drug-likeness (QED) is 0.449. The van der Waals surface area contributed by atoms with Crippen LogP contribution in [0.5, 0.6) is 0 Å². The van der Waals surface area contributed by atoms with Crippen LogP contribution in [0.25, 0.3) is 5.95 Å². The number of amides is 2. The van der Waals surface area contributed by atoms with Crippen LogP contribution in [-0.4, -0.2) is 51.8 Å². The van der Waals surface area contributed by atoms with Crippen molar-refractivity contribution >= 4 is 17.6 Å². The normalized spacial score (nSPS) is 10.6. The Bertz CT molecular complexity index is 857. The molecule has 2 rings (SSSR count). The van der Waals surface area contributed by atoms with Crippen molar-refractivity contribution < 1.29 is 14.3 Å². The van der Waals surface area contributed by atoms with Gasteiger partial charge in [-0.3, -0.25) is 19.4 Å². The lowest BCUT2D eigenvalue weighted by atomic mass is 10.2. The van der Waals surface area contributed by atoms with Crippen LogP contribution in [0.3, 0.4) is 0 Å². The number of carbonyl (C=O) groups excluding carboxylic acids is 2. The number of nitrogens with zero attached hydrogens (tertiary/aromatic N) is 3. The predicted octanol–water partition coefficient (Wildman–Crippen LogP) is 0.308. The predicted molar refractivity (Wildman–Crippen MR) is 98.8 cm³/mol. The minimum Gasteiger partial charge on any atom is -0.385 e. The summed E-state index contributed by atoms with van der Waals surface area (Å²) < 4.78 is 6.18. The van der Waals surface area contributed by atoms with E-state index in [0.29, 0.717) is 37.4 Å². The van der Waals surface area contributed by atoms with Crippen LogP contribution in [0.15, 0.2) is 16.9 Å². The Hall–Kier alpha value is -3.01. The maximum absolute atomic E-state index is 12.1. The van der Waals surface area contributed by atoms with E-state index in [-0.39, 0.29) is 17.3 Å². The molecule has 0 radical (unpaired) electrons. The molecule has 2 aromatic heterocycles. The van der Waals surface area contributed by atoms with E-state index in [1.807, 2.05) is 6.92 Å². The van der Waals surface area contributed by atoms with Gasteiger partial charge >= 0.3 is 11.8 Å². The smallest absolute Gasteiger partial charge is 0.314 e. The number of aromatic amines is 1. The number of hydrogen-bond donors (Lipinski definition) is 3. The van der Waals surface area contributed by atoms with Crippen molar-refractivity contribution in [2.75, 3.05) is 25.6 Å². The summed E-state index contributed by atoms with van der Waals surface area (Å²) in [6.45, 7) is 4.52. The highest BCUT2D eigenvalue weighted by Crippen LogP contribution is 2.14. The largest absolute Gasteiger partial charge is 0.385 e. The van der Waals surface area contributed by atoms with Crippen molar-refractivity contribution in [3.63, 3.8) is 0 Å². The zero-order chi connectivity index (χ0) is 19.8. The van der Waals surface area contributed by atoms with Gasteiger partial charge in [-0.15, -0.1) is 0 Å². The number of methoxy groups -OCH3 is 1. The minimum absolute atomic E-state index is 0.176. The van der Waals surface area contributed by atoms with Gasteiger partial charge < -0.3 is 15.4 Å². The molecule has 2 amide bonds. The van der Waals surface area contributed by atoms with Gasteiger partial charge in [0.2, 0.25) is 5.95 Å². The summed E-state index contributed by atoms with van der Waals surface area (Å²) in [6.07, 6.45) is 2.07. The van der Waals surface area contributed by atoms with Crippen molar-refractivity contribution in [2.45, 2.75) is 33.1 Å². The highest BCUT2D eigenvalue weighted by atomic mass is 16.5. The van der Waals surface area contributed by atoms with Crippen molar-refractivity contribution in [1.29, 1.82) is 0 Å². The van der Waals surface area contributed by atoms with Crippen LogP contribution >= 0.6 is 0 Å². The van der Waals surface area contributed by atoms with E-state index < -0.39 is 11.8 Å². The fourth-order valence-corrected chi connectivity index (χ4v) is 2.40. The molecule has 0 saturated heterocycles. The van der Waals surface area contributed by atoms with E-state index in [4.69, 9.17) is 4.74 Å². The van der Waals surface area contributed by atoms with Crippen molar-refractivity contribution in [3.05, 3.63) is 33.9 Å². The monoisotopic (exact) mass is 376 g/mol. The Labute approximate surface area is 156 Å². The second-order valence-electron chi connectivity index (χ2n) is 5.95. The topological polar surface area (TPSA) is 131 Å². The third-order valence-corrected chi connectivity index (χ3v) is 3.58. The summed E-state index contributed by atoms with van der Waals surface area (Å²) in [7, 11) is 1.56. The molecule has 10 heteroatoms. The number of hydrogen-bond acceptors (Lipinski definition) is 6. The third kappa shape index (κ3) is 5.74. The number of nitrogens with one attached hydrogen (secondary N) is 3. The zero-order valence-electron chi connectivity index (χ0n) is 15.7. The van der Waals surface area contributed by atoms with Crippen LogP contribution in [0.4, 0.5) is 5.82 Å². The third-order valence-electron chi connectivity index (χ3n) is 3.58. The number of aromatic nitrogens is 4. The first kappa shape index (κ1) is 20.3. The molecule has 0 spiro atoms. The first-order valence-electron chi connectivity index (χ1n) is 8.70. The molecule has 2 heterocycles. The molecular formula is C17H24N6O4. The van der Waals surface area contributed by atoms with E-state index in [0.717, 1.165) is 6.42 Å². The summed E-state index contributed by atoms with van der Waals surface area (Å²) in [4.78, 5) is 42.9. The number of anilines is 1. The Morgan fingerprint density at radius 2 is 2.07 bits per heavy atom. The van der Waals surface area contributed by atoms with Crippen LogP contribution in [0, 0.1) is 6.92 Å². The average Bonchev–Trinajstić information content (AvgIpc) is 2.98. The van der Waals surface area contributed by atoms with Gasteiger partial charge in [0, 0.05) is 38.1 Å². The fraction of sp³-hybridized carbons (Fsp3) is 0.471. The van der Waals surface area contributed by atoms with Crippen LogP contribution in [0.1, 0.15) is 31.2 Å². The lowest BCUT2D eigenvalue weighted by molar-refractivity contribution is -0.136. The molecule has 3 N–H and O–H groups in total. The molecule has 0 unspecified atom stereocenters. The summed E-state index contributed by atoms with van der Waals surface area (Å²) >= 11 is 0. The zero-order valence-corrected chi connectivity index (χ0v) is 15.7. The maximum Gasteiger partial charge on any atom is 0.314 e. The van der Waals surface area contributed by atoms with E-state index in [2.05, 4.69) is 25.7 Å². The molecule has 0 saturated carbocycles. The van der Waals surface area contributed by atoms with Crippen molar-refractivity contribution in [1.82, 2.24) is 25.1 Å². The van der Waals surface area contributed by atoms with Gasteiger partial charge in [0.15, 0.2) is 0 Å². The Kier molecular flexibility index (Phi) is 7.24. The Morgan fingerprint density at radius 1 is 1.30 bits per heavy atom. The molecular weight excluding hydrogens is 352 g/mol.